The molecule has 144 valence electrons. The van der Waals surface area contributed by atoms with Crippen molar-refractivity contribution in [2.24, 2.45) is 0 Å². The molecule has 0 aromatic heterocycles. The highest BCUT2D eigenvalue weighted by Gasteiger charge is 2.35. The quantitative estimate of drug-likeness (QED) is 0.498. The van der Waals surface area contributed by atoms with Gasteiger partial charge in [-0.3, -0.25) is 14.5 Å². The van der Waals surface area contributed by atoms with Crippen LogP contribution in [0.1, 0.15) is 16.7 Å². The number of ether oxygens (including phenoxy) is 2. The number of carbonyl (C=O) groups excluding carboxylic acids is 2. The topological polar surface area (TPSA) is 55.8 Å². The monoisotopic (exact) mass is 395 g/mol. The van der Waals surface area contributed by atoms with Gasteiger partial charge in [-0.1, -0.05) is 48.6 Å². The lowest BCUT2D eigenvalue weighted by molar-refractivity contribution is -0.123. The molecule has 6 heteroatoms. The Morgan fingerprint density at radius 2 is 1.86 bits per heavy atom. The summed E-state index contributed by atoms with van der Waals surface area (Å²) in [6.45, 7) is 6.25. The van der Waals surface area contributed by atoms with Crippen LogP contribution in [0.2, 0.25) is 0 Å². The molecular weight excluding hydrogens is 374 g/mol. The van der Waals surface area contributed by atoms with Crippen molar-refractivity contribution in [3.8, 4) is 11.5 Å². The van der Waals surface area contributed by atoms with Crippen molar-refractivity contribution in [1.29, 1.82) is 0 Å². The van der Waals surface area contributed by atoms with Crippen LogP contribution in [0.25, 0.3) is 6.08 Å². The minimum atomic E-state index is -0.290. The van der Waals surface area contributed by atoms with Crippen molar-refractivity contribution in [2.45, 2.75) is 13.5 Å². The van der Waals surface area contributed by atoms with E-state index in [1.807, 2.05) is 37.3 Å². The van der Waals surface area contributed by atoms with E-state index < -0.39 is 0 Å². The second kappa shape index (κ2) is 8.80. The summed E-state index contributed by atoms with van der Waals surface area (Å²) in [7, 11) is 1.55. The van der Waals surface area contributed by atoms with Crippen LogP contribution in [0.5, 0.6) is 11.5 Å². The molecule has 0 radical (unpaired) electrons. The van der Waals surface area contributed by atoms with Gasteiger partial charge in [0.2, 0.25) is 0 Å². The van der Waals surface area contributed by atoms with E-state index in [0.29, 0.717) is 23.0 Å². The van der Waals surface area contributed by atoms with Gasteiger partial charge in [-0.2, -0.15) is 0 Å². The number of rotatable bonds is 7. The molecule has 0 saturated carbocycles. The van der Waals surface area contributed by atoms with Crippen molar-refractivity contribution in [2.75, 3.05) is 13.7 Å². The fraction of sp³-hybridized carbons (Fsp3) is 0.182. The van der Waals surface area contributed by atoms with Crippen molar-refractivity contribution in [3.63, 3.8) is 0 Å². The van der Waals surface area contributed by atoms with Crippen LogP contribution >= 0.6 is 11.8 Å². The second-order valence-corrected chi connectivity index (χ2v) is 7.26. The Morgan fingerprint density at radius 3 is 2.54 bits per heavy atom. The fourth-order valence-electron chi connectivity index (χ4n) is 2.71. The smallest absolute Gasteiger partial charge is 0.293 e. The first-order valence-corrected chi connectivity index (χ1v) is 9.56. The van der Waals surface area contributed by atoms with E-state index in [2.05, 4.69) is 6.58 Å². The van der Waals surface area contributed by atoms with Gasteiger partial charge in [0.05, 0.1) is 18.6 Å². The van der Waals surface area contributed by atoms with Crippen LogP contribution in [0, 0.1) is 6.92 Å². The van der Waals surface area contributed by atoms with Gasteiger partial charge in [-0.05, 0) is 48.0 Å². The lowest BCUT2D eigenvalue weighted by Crippen LogP contribution is -2.27. The molecule has 1 fully saturated rings. The normalized spacial score (nSPS) is 15.2. The van der Waals surface area contributed by atoms with Gasteiger partial charge in [0.1, 0.15) is 6.61 Å². The zero-order chi connectivity index (χ0) is 20.1. The third-order valence-electron chi connectivity index (χ3n) is 4.18. The molecule has 0 N–H and O–H groups in total. The summed E-state index contributed by atoms with van der Waals surface area (Å²) in [4.78, 5) is 26.7. The van der Waals surface area contributed by atoms with Crippen molar-refractivity contribution >= 4 is 29.0 Å². The lowest BCUT2D eigenvalue weighted by Gasteiger charge is -2.12. The van der Waals surface area contributed by atoms with Crippen LogP contribution in [-0.4, -0.2) is 29.8 Å². The van der Waals surface area contributed by atoms with E-state index in [1.54, 1.807) is 31.4 Å². The predicted octanol–water partition coefficient (Wildman–Crippen LogP) is 4.80. The number of imide groups is 1. The summed E-state index contributed by atoms with van der Waals surface area (Å²) in [6, 6.07) is 13.1. The standard InChI is InChI=1S/C22H21NO4S/c1-4-11-27-18-10-9-17(12-19(18)26-3)13-20-21(24)23(22(25)28-20)14-16-7-5-15(2)6-8-16/h4-10,12-13H,1,11,14H2,2-3H3/b20-13-. The summed E-state index contributed by atoms with van der Waals surface area (Å²) in [5.74, 6) is 0.850. The molecule has 5 nitrogen and oxygen atoms in total. The first kappa shape index (κ1) is 19.8. The largest absolute Gasteiger partial charge is 0.493 e. The molecule has 1 saturated heterocycles. The summed E-state index contributed by atoms with van der Waals surface area (Å²) in [5.41, 5.74) is 2.80. The van der Waals surface area contributed by atoms with Gasteiger partial charge >= 0.3 is 0 Å². The highest BCUT2D eigenvalue weighted by Crippen LogP contribution is 2.35. The Labute approximate surface area is 168 Å². The van der Waals surface area contributed by atoms with Gasteiger partial charge < -0.3 is 9.47 Å². The zero-order valence-corrected chi connectivity index (χ0v) is 16.6. The van der Waals surface area contributed by atoms with Crippen molar-refractivity contribution in [1.82, 2.24) is 4.90 Å². The molecule has 1 aliphatic heterocycles. The molecule has 0 bridgehead atoms. The number of benzene rings is 2. The number of hydrogen-bond donors (Lipinski definition) is 0. The Kier molecular flexibility index (Phi) is 6.21. The number of methoxy groups -OCH3 is 1. The second-order valence-electron chi connectivity index (χ2n) is 6.26. The number of carbonyl (C=O) groups is 2. The summed E-state index contributed by atoms with van der Waals surface area (Å²) in [6.07, 6.45) is 3.34. The molecular formula is C22H21NO4S. The van der Waals surface area contributed by atoms with Crippen LogP contribution in [0.4, 0.5) is 4.79 Å². The van der Waals surface area contributed by atoms with Crippen molar-refractivity contribution < 1.29 is 19.1 Å². The van der Waals surface area contributed by atoms with Crippen LogP contribution in [0.15, 0.2) is 60.0 Å². The number of thioether (sulfide) groups is 1. The van der Waals surface area contributed by atoms with E-state index in [0.717, 1.165) is 28.5 Å². The first-order chi connectivity index (χ1) is 13.5. The maximum atomic E-state index is 12.7. The van der Waals surface area contributed by atoms with E-state index in [4.69, 9.17) is 9.47 Å². The van der Waals surface area contributed by atoms with Crippen LogP contribution in [-0.2, 0) is 11.3 Å². The number of hydrogen-bond acceptors (Lipinski definition) is 5. The molecule has 0 aliphatic carbocycles. The average Bonchev–Trinajstić information content (AvgIpc) is 2.95. The van der Waals surface area contributed by atoms with Gasteiger partial charge in [-0.15, -0.1) is 0 Å². The third kappa shape index (κ3) is 4.46. The van der Waals surface area contributed by atoms with Gasteiger partial charge in [0.25, 0.3) is 11.1 Å². The van der Waals surface area contributed by atoms with E-state index in [9.17, 15) is 9.59 Å². The van der Waals surface area contributed by atoms with Crippen LogP contribution < -0.4 is 9.47 Å². The van der Waals surface area contributed by atoms with Gasteiger partial charge in [-0.25, -0.2) is 0 Å². The molecule has 0 spiro atoms. The Balaban J connectivity index is 1.79. The van der Waals surface area contributed by atoms with E-state index in [-0.39, 0.29) is 17.7 Å². The highest BCUT2D eigenvalue weighted by molar-refractivity contribution is 8.18. The maximum Gasteiger partial charge on any atom is 0.293 e. The minimum absolute atomic E-state index is 0.264. The molecule has 2 amide bonds. The van der Waals surface area contributed by atoms with Crippen molar-refractivity contribution in [3.05, 3.63) is 76.7 Å². The molecule has 1 aliphatic rings. The fourth-order valence-corrected chi connectivity index (χ4v) is 3.54. The highest BCUT2D eigenvalue weighted by atomic mass is 32.2. The van der Waals surface area contributed by atoms with Gasteiger partial charge in [0.15, 0.2) is 11.5 Å². The maximum absolute atomic E-state index is 12.7. The molecule has 0 unspecified atom stereocenters. The number of aryl methyl sites for hydroxylation is 1. The zero-order valence-electron chi connectivity index (χ0n) is 15.8. The summed E-state index contributed by atoms with van der Waals surface area (Å²) < 4.78 is 10.9. The molecule has 28 heavy (non-hydrogen) atoms. The van der Waals surface area contributed by atoms with Gasteiger partial charge in [0, 0.05) is 0 Å². The molecule has 0 atom stereocenters. The van der Waals surface area contributed by atoms with E-state index >= 15 is 0 Å². The molecule has 2 aromatic carbocycles. The number of amides is 2. The number of nitrogens with zero attached hydrogens (tertiary/aromatic N) is 1. The Hall–Kier alpha value is -2.99. The Bertz CT molecular complexity index is 934. The predicted molar refractivity (Wildman–Crippen MR) is 111 cm³/mol. The average molecular weight is 395 g/mol. The van der Waals surface area contributed by atoms with Crippen LogP contribution in [0.3, 0.4) is 0 Å². The lowest BCUT2D eigenvalue weighted by atomic mass is 10.1. The molecule has 2 aromatic rings. The van der Waals surface area contributed by atoms with E-state index in [1.165, 1.54) is 4.90 Å². The third-order valence-corrected chi connectivity index (χ3v) is 5.08. The summed E-state index contributed by atoms with van der Waals surface area (Å²) >= 11 is 0.944. The Morgan fingerprint density at radius 1 is 1.11 bits per heavy atom. The SMILES string of the molecule is C=CCOc1ccc(/C=C2\SC(=O)N(Cc3ccc(C)cc3)C2=O)cc1OC. The molecule has 3 rings (SSSR count). The molecule has 1 heterocycles. The summed E-state index contributed by atoms with van der Waals surface area (Å²) in [5, 5.41) is -0.269. The first-order valence-electron chi connectivity index (χ1n) is 8.74. The minimum Gasteiger partial charge on any atom is -0.493 e.